The minimum absolute atomic E-state index is 0.00146. The van der Waals surface area contributed by atoms with Crippen LogP contribution in [-0.4, -0.2) is 18.5 Å². The maximum atomic E-state index is 11.8. The Hall–Kier alpha value is -0.570. The van der Waals surface area contributed by atoms with E-state index in [1.807, 2.05) is 0 Å². The van der Waals surface area contributed by atoms with Crippen LogP contribution < -0.4 is 11.1 Å². The van der Waals surface area contributed by atoms with Gasteiger partial charge in [0.15, 0.2) is 0 Å². The third kappa shape index (κ3) is 5.53. The Morgan fingerprint density at radius 1 is 1.18 bits per heavy atom. The van der Waals surface area contributed by atoms with E-state index in [0.29, 0.717) is 5.92 Å². The summed E-state index contributed by atoms with van der Waals surface area (Å²) in [5.41, 5.74) is 6.10. The normalized spacial score (nSPS) is 13.8. The number of amides is 1. The van der Waals surface area contributed by atoms with Crippen molar-refractivity contribution in [1.82, 2.24) is 5.32 Å². The van der Waals surface area contributed by atoms with E-state index in [1.165, 1.54) is 0 Å². The largest absolute Gasteiger partial charge is 0.354 e. The zero-order chi connectivity index (χ0) is 13.5. The summed E-state index contributed by atoms with van der Waals surface area (Å²) in [7, 11) is 0. The van der Waals surface area contributed by atoms with Crippen LogP contribution in [0.15, 0.2) is 0 Å². The average Bonchev–Trinajstić information content (AvgIpc) is 2.30. The van der Waals surface area contributed by atoms with Crippen molar-refractivity contribution < 1.29 is 4.79 Å². The molecule has 3 heteroatoms. The molecule has 0 aliphatic rings. The van der Waals surface area contributed by atoms with Crippen molar-refractivity contribution in [1.29, 1.82) is 0 Å². The molecule has 3 N–H and O–H groups in total. The molecule has 1 atom stereocenters. The molecule has 0 aromatic rings. The average molecular weight is 242 g/mol. The lowest BCUT2D eigenvalue weighted by atomic mass is 9.80. The van der Waals surface area contributed by atoms with Crippen LogP contribution in [0.4, 0.5) is 0 Å². The summed E-state index contributed by atoms with van der Waals surface area (Å²) >= 11 is 0. The first-order chi connectivity index (χ1) is 7.90. The van der Waals surface area contributed by atoms with E-state index in [4.69, 9.17) is 5.73 Å². The zero-order valence-electron chi connectivity index (χ0n) is 12.2. The van der Waals surface area contributed by atoms with E-state index >= 15 is 0 Å². The highest BCUT2D eigenvalue weighted by molar-refractivity contribution is 5.81. The van der Waals surface area contributed by atoms with Crippen LogP contribution >= 0.6 is 0 Å². The number of nitrogens with one attached hydrogen (secondary N) is 1. The lowest BCUT2D eigenvalue weighted by Gasteiger charge is -2.31. The van der Waals surface area contributed by atoms with Gasteiger partial charge in [0, 0.05) is 6.54 Å². The molecule has 0 spiro atoms. The molecule has 0 rings (SSSR count). The van der Waals surface area contributed by atoms with Crippen molar-refractivity contribution in [2.45, 2.75) is 66.3 Å². The van der Waals surface area contributed by atoms with E-state index in [-0.39, 0.29) is 17.4 Å². The summed E-state index contributed by atoms with van der Waals surface area (Å²) in [5.74, 6) is 0.461. The second-order valence-corrected chi connectivity index (χ2v) is 5.51. The molecule has 0 heterocycles. The molecule has 1 amide bonds. The van der Waals surface area contributed by atoms with Gasteiger partial charge in [-0.1, -0.05) is 34.6 Å². The van der Waals surface area contributed by atoms with Crippen LogP contribution in [0.2, 0.25) is 0 Å². The third-order valence-electron chi connectivity index (χ3n) is 3.95. The van der Waals surface area contributed by atoms with Gasteiger partial charge in [-0.25, -0.2) is 0 Å². The third-order valence-corrected chi connectivity index (χ3v) is 3.95. The maximum Gasteiger partial charge on any atom is 0.236 e. The van der Waals surface area contributed by atoms with Crippen molar-refractivity contribution in [2.75, 3.05) is 6.54 Å². The SMILES string of the molecule is CCC(CC)(CC)CNC(=O)[C@@H](N)CC(C)C. The van der Waals surface area contributed by atoms with E-state index < -0.39 is 0 Å². The Balaban J connectivity index is 4.21. The van der Waals surface area contributed by atoms with Gasteiger partial charge in [-0.15, -0.1) is 0 Å². The molecule has 0 saturated carbocycles. The van der Waals surface area contributed by atoms with Crippen LogP contribution in [0.1, 0.15) is 60.3 Å². The molecule has 0 radical (unpaired) electrons. The van der Waals surface area contributed by atoms with Gasteiger partial charge >= 0.3 is 0 Å². The Morgan fingerprint density at radius 3 is 2.00 bits per heavy atom. The van der Waals surface area contributed by atoms with Gasteiger partial charge in [-0.3, -0.25) is 4.79 Å². The standard InChI is InChI=1S/C14H30N2O/c1-6-14(7-2,8-3)10-16-13(17)12(15)9-11(4)5/h11-12H,6-10,15H2,1-5H3,(H,16,17)/t12-/m0/s1. The van der Waals surface area contributed by atoms with Gasteiger partial charge < -0.3 is 11.1 Å². The Morgan fingerprint density at radius 2 is 1.65 bits per heavy atom. The highest BCUT2D eigenvalue weighted by atomic mass is 16.2. The van der Waals surface area contributed by atoms with Crippen LogP contribution in [0.5, 0.6) is 0 Å². The summed E-state index contributed by atoms with van der Waals surface area (Å²) in [6.45, 7) is 11.5. The topological polar surface area (TPSA) is 55.1 Å². The van der Waals surface area contributed by atoms with E-state index in [1.54, 1.807) is 0 Å². The smallest absolute Gasteiger partial charge is 0.236 e. The summed E-state index contributed by atoms with van der Waals surface area (Å²) in [4.78, 5) is 11.8. The van der Waals surface area contributed by atoms with Gasteiger partial charge in [0.25, 0.3) is 0 Å². The second-order valence-electron chi connectivity index (χ2n) is 5.51. The lowest BCUT2D eigenvalue weighted by molar-refractivity contribution is -0.123. The Bertz CT molecular complexity index is 214. The number of hydrogen-bond acceptors (Lipinski definition) is 2. The zero-order valence-corrected chi connectivity index (χ0v) is 12.2. The van der Waals surface area contributed by atoms with Gasteiger partial charge in [0.05, 0.1) is 6.04 Å². The predicted octanol–water partition coefficient (Wildman–Crippen LogP) is 2.69. The Labute approximate surface area is 107 Å². The molecule has 3 nitrogen and oxygen atoms in total. The van der Waals surface area contributed by atoms with Crippen LogP contribution in [0.3, 0.4) is 0 Å². The minimum Gasteiger partial charge on any atom is -0.354 e. The first kappa shape index (κ1) is 16.4. The molecule has 102 valence electrons. The molecular formula is C14H30N2O. The van der Waals surface area contributed by atoms with Gasteiger partial charge in [-0.2, -0.15) is 0 Å². The van der Waals surface area contributed by atoms with Crippen LogP contribution in [0, 0.1) is 11.3 Å². The van der Waals surface area contributed by atoms with E-state index in [9.17, 15) is 4.79 Å². The molecule has 0 bridgehead atoms. The van der Waals surface area contributed by atoms with Crippen molar-refractivity contribution >= 4 is 5.91 Å². The van der Waals surface area contributed by atoms with Crippen LogP contribution in [-0.2, 0) is 4.79 Å². The fraction of sp³-hybridized carbons (Fsp3) is 0.929. The van der Waals surface area contributed by atoms with Gasteiger partial charge in [0.1, 0.15) is 0 Å². The predicted molar refractivity (Wildman–Crippen MR) is 73.7 cm³/mol. The maximum absolute atomic E-state index is 11.8. The molecule has 0 aliphatic heterocycles. The molecule has 0 aliphatic carbocycles. The van der Waals surface area contributed by atoms with Crippen molar-refractivity contribution in [3.05, 3.63) is 0 Å². The molecule has 0 fully saturated rings. The van der Waals surface area contributed by atoms with E-state index in [2.05, 4.69) is 39.9 Å². The summed E-state index contributed by atoms with van der Waals surface area (Å²) in [6, 6.07) is -0.363. The second kappa shape index (κ2) is 7.70. The monoisotopic (exact) mass is 242 g/mol. The number of carbonyl (C=O) groups excluding carboxylic acids is 1. The highest BCUT2D eigenvalue weighted by Gasteiger charge is 2.25. The lowest BCUT2D eigenvalue weighted by Crippen LogP contribution is -2.45. The van der Waals surface area contributed by atoms with Crippen molar-refractivity contribution in [3.63, 3.8) is 0 Å². The molecule has 17 heavy (non-hydrogen) atoms. The van der Waals surface area contributed by atoms with Crippen molar-refractivity contribution in [3.8, 4) is 0 Å². The number of rotatable bonds is 8. The van der Waals surface area contributed by atoms with Gasteiger partial charge in [-0.05, 0) is 37.0 Å². The fourth-order valence-electron chi connectivity index (χ4n) is 2.15. The summed E-state index contributed by atoms with van der Waals surface area (Å²) in [6.07, 6.45) is 4.04. The number of nitrogens with two attached hydrogens (primary N) is 1. The minimum atomic E-state index is -0.363. The van der Waals surface area contributed by atoms with Gasteiger partial charge in [0.2, 0.25) is 5.91 Å². The van der Waals surface area contributed by atoms with E-state index in [0.717, 1.165) is 32.2 Å². The molecule has 0 unspecified atom stereocenters. The first-order valence-corrected chi connectivity index (χ1v) is 6.94. The molecule has 0 saturated heterocycles. The molecule has 0 aromatic carbocycles. The summed E-state index contributed by atoms with van der Waals surface area (Å²) < 4.78 is 0. The Kier molecular flexibility index (Phi) is 7.44. The fourth-order valence-corrected chi connectivity index (χ4v) is 2.15. The highest BCUT2D eigenvalue weighted by Crippen LogP contribution is 2.29. The number of hydrogen-bond donors (Lipinski definition) is 2. The van der Waals surface area contributed by atoms with Crippen molar-refractivity contribution in [2.24, 2.45) is 17.1 Å². The molecular weight excluding hydrogens is 212 g/mol. The number of carbonyl (C=O) groups is 1. The summed E-state index contributed by atoms with van der Waals surface area (Å²) in [5, 5.41) is 3.02. The molecule has 0 aromatic heterocycles. The van der Waals surface area contributed by atoms with Crippen LogP contribution in [0.25, 0.3) is 0 Å². The first-order valence-electron chi connectivity index (χ1n) is 6.94. The quantitative estimate of drug-likeness (QED) is 0.687.